The van der Waals surface area contributed by atoms with E-state index in [9.17, 15) is 13.2 Å². The number of carbonyl (C=O) groups is 1. The number of nitrogens with zero attached hydrogens (tertiary/aromatic N) is 4. The third-order valence-electron chi connectivity index (χ3n) is 5.83. The molecule has 0 unspecified atom stereocenters. The molecule has 0 radical (unpaired) electrons. The Morgan fingerprint density at radius 2 is 1.61 bits per heavy atom. The highest BCUT2D eigenvalue weighted by atomic mass is 32.2. The van der Waals surface area contributed by atoms with Gasteiger partial charge >= 0.3 is 0 Å². The molecule has 2 aromatic carbocycles. The van der Waals surface area contributed by atoms with Crippen LogP contribution in [-0.4, -0.2) is 56.9 Å². The fourth-order valence-corrected chi connectivity index (χ4v) is 5.36. The zero-order valence-corrected chi connectivity index (χ0v) is 19.7. The lowest BCUT2D eigenvalue weighted by molar-refractivity contribution is 0.0746. The highest BCUT2D eigenvalue weighted by molar-refractivity contribution is 7.92. The van der Waals surface area contributed by atoms with E-state index in [1.165, 1.54) is 10.5 Å². The van der Waals surface area contributed by atoms with Crippen LogP contribution in [0.2, 0.25) is 0 Å². The minimum atomic E-state index is -3.71. The van der Waals surface area contributed by atoms with Crippen LogP contribution >= 0.6 is 0 Å². The van der Waals surface area contributed by atoms with Gasteiger partial charge in [0.2, 0.25) is 0 Å². The molecule has 8 heteroatoms. The number of para-hydroxylation sites is 1. The quantitative estimate of drug-likeness (QED) is 0.558. The second kappa shape index (κ2) is 9.62. The van der Waals surface area contributed by atoms with Gasteiger partial charge in [0.05, 0.1) is 5.69 Å². The lowest BCUT2D eigenvalue weighted by Gasteiger charge is -2.35. The second-order valence-corrected chi connectivity index (χ2v) is 9.87. The van der Waals surface area contributed by atoms with Crippen LogP contribution in [0.1, 0.15) is 22.8 Å². The number of hydrogen-bond donors (Lipinski definition) is 0. The predicted molar refractivity (Wildman–Crippen MR) is 130 cm³/mol. The monoisotopic (exact) mass is 464 g/mol. The molecule has 0 bridgehead atoms. The second-order valence-electron chi connectivity index (χ2n) is 8.00. The first-order valence-corrected chi connectivity index (χ1v) is 12.5. The number of anilines is 2. The van der Waals surface area contributed by atoms with Gasteiger partial charge in [0.15, 0.2) is 0 Å². The van der Waals surface area contributed by atoms with Gasteiger partial charge in [-0.1, -0.05) is 35.9 Å². The Kier molecular flexibility index (Phi) is 6.65. The number of pyridine rings is 1. The molecule has 3 aromatic rings. The van der Waals surface area contributed by atoms with Crippen molar-refractivity contribution in [2.45, 2.75) is 18.7 Å². The van der Waals surface area contributed by atoms with Crippen molar-refractivity contribution in [3.05, 3.63) is 84.1 Å². The first-order chi connectivity index (χ1) is 15.9. The number of sulfonamides is 1. The molecule has 1 amide bonds. The van der Waals surface area contributed by atoms with Crippen LogP contribution < -0.4 is 9.21 Å². The molecule has 2 heterocycles. The van der Waals surface area contributed by atoms with Crippen molar-refractivity contribution in [1.82, 2.24) is 9.88 Å². The Bertz CT molecular complexity index is 1190. The Morgan fingerprint density at radius 3 is 2.18 bits per heavy atom. The first kappa shape index (κ1) is 22.8. The maximum absolute atomic E-state index is 13.2. The van der Waals surface area contributed by atoms with Gasteiger partial charge in [-0.3, -0.25) is 9.10 Å². The van der Waals surface area contributed by atoms with Gasteiger partial charge in [0, 0.05) is 44.5 Å². The zero-order chi connectivity index (χ0) is 23.4. The molecule has 1 saturated heterocycles. The molecule has 172 valence electrons. The number of carbonyl (C=O) groups excluding carboxylic acids is 1. The molecule has 0 N–H and O–H groups in total. The van der Waals surface area contributed by atoms with Gasteiger partial charge in [0.25, 0.3) is 15.9 Å². The van der Waals surface area contributed by atoms with Crippen LogP contribution in [0.4, 0.5) is 11.5 Å². The van der Waals surface area contributed by atoms with Crippen molar-refractivity contribution in [3.8, 4) is 0 Å². The smallest absolute Gasteiger partial charge is 0.265 e. The summed E-state index contributed by atoms with van der Waals surface area (Å²) in [5.74, 6) is 0.740. The van der Waals surface area contributed by atoms with Gasteiger partial charge in [0.1, 0.15) is 10.7 Å². The van der Waals surface area contributed by atoms with E-state index >= 15 is 0 Å². The minimum Gasteiger partial charge on any atom is -0.353 e. The van der Waals surface area contributed by atoms with Crippen LogP contribution in [0.3, 0.4) is 0 Å². The van der Waals surface area contributed by atoms with Crippen molar-refractivity contribution in [2.75, 3.05) is 41.9 Å². The molecule has 0 atom stereocenters. The lowest BCUT2D eigenvalue weighted by atomic mass is 10.1. The summed E-state index contributed by atoms with van der Waals surface area (Å²) in [7, 11) is -3.71. The number of hydrogen-bond acceptors (Lipinski definition) is 5. The van der Waals surface area contributed by atoms with Crippen LogP contribution in [0.5, 0.6) is 0 Å². The zero-order valence-electron chi connectivity index (χ0n) is 18.9. The van der Waals surface area contributed by atoms with Crippen molar-refractivity contribution < 1.29 is 13.2 Å². The van der Waals surface area contributed by atoms with E-state index in [0.29, 0.717) is 49.8 Å². The van der Waals surface area contributed by atoms with Gasteiger partial charge in [-0.2, -0.15) is 0 Å². The highest BCUT2D eigenvalue weighted by Gasteiger charge is 2.26. The normalized spacial score (nSPS) is 14.2. The summed E-state index contributed by atoms with van der Waals surface area (Å²) < 4.78 is 27.7. The topological polar surface area (TPSA) is 73.8 Å². The minimum absolute atomic E-state index is 0.0321. The fourth-order valence-electron chi connectivity index (χ4n) is 3.94. The van der Waals surface area contributed by atoms with Crippen LogP contribution in [0, 0.1) is 6.92 Å². The molecule has 33 heavy (non-hydrogen) atoms. The summed E-state index contributed by atoms with van der Waals surface area (Å²) in [6.07, 6.45) is 1.42. The average molecular weight is 465 g/mol. The van der Waals surface area contributed by atoms with Crippen LogP contribution in [0.25, 0.3) is 0 Å². The summed E-state index contributed by atoms with van der Waals surface area (Å²) in [5.41, 5.74) is 2.44. The Labute approximate surface area is 195 Å². The number of aromatic nitrogens is 1. The summed E-state index contributed by atoms with van der Waals surface area (Å²) >= 11 is 0. The summed E-state index contributed by atoms with van der Waals surface area (Å²) in [6, 6.07) is 20.0. The van der Waals surface area contributed by atoms with Crippen molar-refractivity contribution >= 4 is 27.4 Å². The van der Waals surface area contributed by atoms with Crippen molar-refractivity contribution in [2.24, 2.45) is 0 Å². The average Bonchev–Trinajstić information content (AvgIpc) is 2.85. The van der Waals surface area contributed by atoms with Gasteiger partial charge in [-0.05, 0) is 50.2 Å². The number of amides is 1. The number of rotatable bonds is 6. The van der Waals surface area contributed by atoms with Crippen molar-refractivity contribution in [3.63, 3.8) is 0 Å². The Hall–Kier alpha value is -3.39. The van der Waals surface area contributed by atoms with E-state index < -0.39 is 10.0 Å². The van der Waals surface area contributed by atoms with Gasteiger partial charge in [-0.25, -0.2) is 13.4 Å². The molecule has 1 aliphatic rings. The highest BCUT2D eigenvalue weighted by Crippen LogP contribution is 2.24. The van der Waals surface area contributed by atoms with Crippen LogP contribution in [0.15, 0.2) is 77.8 Å². The summed E-state index contributed by atoms with van der Waals surface area (Å²) in [4.78, 5) is 21.2. The van der Waals surface area contributed by atoms with E-state index in [4.69, 9.17) is 0 Å². The third-order valence-corrected chi connectivity index (χ3v) is 7.72. The van der Waals surface area contributed by atoms with E-state index in [1.54, 1.807) is 24.3 Å². The van der Waals surface area contributed by atoms with Gasteiger partial charge < -0.3 is 9.80 Å². The first-order valence-electron chi connectivity index (χ1n) is 11.0. The molecule has 0 spiro atoms. The number of benzene rings is 2. The van der Waals surface area contributed by atoms with Gasteiger partial charge in [-0.15, -0.1) is 0 Å². The standard InChI is InChI=1S/C25H28N4O3S/c1-3-29(22-7-5-4-6-8-22)33(31,32)23-13-14-24(26-19-23)27-15-17-28(18-16-27)25(30)21-11-9-20(2)10-12-21/h4-14,19H,3,15-18H2,1-2H3. The van der Waals surface area contributed by atoms with E-state index in [0.717, 1.165) is 5.56 Å². The third kappa shape index (κ3) is 4.85. The fraction of sp³-hybridized carbons (Fsp3) is 0.280. The molecule has 7 nitrogen and oxygen atoms in total. The molecule has 1 fully saturated rings. The molecule has 0 aliphatic carbocycles. The summed E-state index contributed by atoms with van der Waals surface area (Å²) in [5, 5.41) is 0. The number of piperazine rings is 1. The molecule has 0 saturated carbocycles. The maximum Gasteiger partial charge on any atom is 0.265 e. The molecule has 4 rings (SSSR count). The molecule has 1 aromatic heterocycles. The summed E-state index contributed by atoms with van der Waals surface area (Å²) in [6.45, 7) is 6.59. The lowest BCUT2D eigenvalue weighted by Crippen LogP contribution is -2.49. The Balaban J connectivity index is 1.42. The number of aryl methyl sites for hydroxylation is 1. The van der Waals surface area contributed by atoms with Crippen molar-refractivity contribution in [1.29, 1.82) is 0 Å². The molecular weight excluding hydrogens is 436 g/mol. The largest absolute Gasteiger partial charge is 0.353 e. The SMILES string of the molecule is CCN(c1ccccc1)S(=O)(=O)c1ccc(N2CCN(C(=O)c3ccc(C)cc3)CC2)nc1. The van der Waals surface area contributed by atoms with E-state index in [-0.39, 0.29) is 10.8 Å². The Morgan fingerprint density at radius 1 is 0.939 bits per heavy atom. The predicted octanol–water partition coefficient (Wildman–Crippen LogP) is 3.57. The molecule has 1 aliphatic heterocycles. The van der Waals surface area contributed by atoms with E-state index in [1.807, 2.05) is 61.2 Å². The van der Waals surface area contributed by atoms with Crippen LogP contribution in [-0.2, 0) is 10.0 Å². The molecular formula is C25H28N4O3S. The maximum atomic E-state index is 13.2. The van der Waals surface area contributed by atoms with E-state index in [2.05, 4.69) is 9.88 Å².